The summed E-state index contributed by atoms with van der Waals surface area (Å²) in [5.74, 6) is 0.0181. The zero-order valence-electron chi connectivity index (χ0n) is 21.8. The molecule has 196 valence electrons. The molecule has 38 heavy (non-hydrogen) atoms. The van der Waals surface area contributed by atoms with Crippen molar-refractivity contribution in [2.45, 2.75) is 24.9 Å². The topological polar surface area (TPSA) is 80.0 Å². The zero-order valence-corrected chi connectivity index (χ0v) is 21.8. The van der Waals surface area contributed by atoms with E-state index in [0.717, 1.165) is 68.8 Å². The first-order chi connectivity index (χ1) is 18.6. The fourth-order valence-corrected chi connectivity index (χ4v) is 5.72. The number of aromatic hydroxyl groups is 1. The van der Waals surface area contributed by atoms with Gasteiger partial charge in [-0.05, 0) is 65.9 Å². The summed E-state index contributed by atoms with van der Waals surface area (Å²) in [5.41, 5.74) is 4.86. The highest BCUT2D eigenvalue weighted by atomic mass is 16.5. The fraction of sp³-hybridized carbons (Fsp3) is 0.355. The third-order valence-electron chi connectivity index (χ3n) is 7.91. The zero-order chi connectivity index (χ0) is 26.5. The van der Waals surface area contributed by atoms with E-state index in [-0.39, 0.29) is 11.7 Å². The summed E-state index contributed by atoms with van der Waals surface area (Å²) in [5, 5.41) is 18.6. The summed E-state index contributed by atoms with van der Waals surface area (Å²) in [6, 6.07) is 25.3. The van der Waals surface area contributed by atoms with Gasteiger partial charge in [-0.1, -0.05) is 36.4 Å². The number of methoxy groups -OCH3 is 1. The molecule has 7 heteroatoms. The number of anilines is 1. The maximum atomic E-state index is 12.9. The van der Waals surface area contributed by atoms with E-state index in [2.05, 4.69) is 20.8 Å². The van der Waals surface area contributed by atoms with Gasteiger partial charge in [0.25, 0.3) is 0 Å². The average molecular weight is 511 g/mol. The Balaban J connectivity index is 1.19. The maximum absolute atomic E-state index is 12.9. The highest BCUT2D eigenvalue weighted by Gasteiger charge is 2.34. The molecule has 0 amide bonds. The highest BCUT2D eigenvalue weighted by Crippen LogP contribution is 2.30. The van der Waals surface area contributed by atoms with Gasteiger partial charge in [-0.2, -0.15) is 5.26 Å². The molecule has 1 N–H and O–H groups in total. The van der Waals surface area contributed by atoms with Gasteiger partial charge in [0.1, 0.15) is 11.8 Å². The van der Waals surface area contributed by atoms with E-state index in [1.165, 1.54) is 12.8 Å². The van der Waals surface area contributed by atoms with Gasteiger partial charge >= 0.3 is 5.97 Å². The van der Waals surface area contributed by atoms with Crippen molar-refractivity contribution in [1.29, 1.82) is 5.26 Å². The Hall–Kier alpha value is -3.86. The third-order valence-corrected chi connectivity index (χ3v) is 7.91. The molecule has 1 atom stereocenters. The molecule has 3 aromatic carbocycles. The van der Waals surface area contributed by atoms with Crippen LogP contribution in [0.5, 0.6) is 5.75 Å². The number of phenols is 1. The second-order valence-corrected chi connectivity index (χ2v) is 10.0. The number of likely N-dealkylation sites (tertiary alicyclic amines) is 1. The summed E-state index contributed by atoms with van der Waals surface area (Å²) in [4.78, 5) is 20.1. The molecule has 2 fully saturated rings. The number of carbonyl (C=O) groups is 1. The van der Waals surface area contributed by atoms with Crippen molar-refractivity contribution in [3.8, 4) is 22.9 Å². The van der Waals surface area contributed by atoms with E-state index in [9.17, 15) is 9.90 Å². The Kier molecular flexibility index (Phi) is 7.92. The number of nitriles is 1. The lowest BCUT2D eigenvalue weighted by Gasteiger charge is -2.44. The van der Waals surface area contributed by atoms with Crippen molar-refractivity contribution in [1.82, 2.24) is 9.80 Å². The van der Waals surface area contributed by atoms with E-state index in [0.29, 0.717) is 11.6 Å². The van der Waals surface area contributed by atoms with E-state index in [1.807, 2.05) is 60.7 Å². The molecule has 5 rings (SSSR count). The molecule has 0 radical (unpaired) electrons. The van der Waals surface area contributed by atoms with Crippen molar-refractivity contribution >= 4 is 11.7 Å². The second-order valence-electron chi connectivity index (χ2n) is 10.0. The van der Waals surface area contributed by atoms with Gasteiger partial charge < -0.3 is 14.7 Å². The van der Waals surface area contributed by atoms with Crippen molar-refractivity contribution in [3.05, 3.63) is 83.9 Å². The van der Waals surface area contributed by atoms with Gasteiger partial charge in [0.05, 0.1) is 18.7 Å². The number of piperidine rings is 1. The lowest BCUT2D eigenvalue weighted by molar-refractivity contribution is -0.148. The van der Waals surface area contributed by atoms with Crippen LogP contribution in [0.2, 0.25) is 0 Å². The summed E-state index contributed by atoms with van der Waals surface area (Å²) in [6.45, 7) is 5.68. The molecular formula is C31H34N4O3. The smallest absolute Gasteiger partial charge is 0.327 e. The standard InChI is InChI=1S/C31H34N4O3/c1-38-31(37)30(26-6-4-24(5-7-26)25-8-12-29(36)13-9-25)35-16-14-28(15-17-35)34-20-18-33(19-21-34)27-10-2-23(22-32)3-11-27/h2-13,28,30,36H,14-21H2,1H3. The lowest BCUT2D eigenvalue weighted by Crippen LogP contribution is -2.54. The minimum atomic E-state index is -0.414. The fourth-order valence-electron chi connectivity index (χ4n) is 5.72. The first-order valence-electron chi connectivity index (χ1n) is 13.3. The van der Waals surface area contributed by atoms with Crippen LogP contribution >= 0.6 is 0 Å². The number of nitrogens with zero attached hydrogens (tertiary/aromatic N) is 4. The van der Waals surface area contributed by atoms with Crippen LogP contribution in [0.25, 0.3) is 11.1 Å². The monoisotopic (exact) mass is 510 g/mol. The summed E-state index contributed by atoms with van der Waals surface area (Å²) in [7, 11) is 1.46. The Morgan fingerprint density at radius 1 is 0.868 bits per heavy atom. The van der Waals surface area contributed by atoms with Crippen LogP contribution in [0, 0.1) is 11.3 Å². The van der Waals surface area contributed by atoms with Crippen molar-refractivity contribution in [2.24, 2.45) is 0 Å². The molecule has 1 unspecified atom stereocenters. The van der Waals surface area contributed by atoms with Crippen LogP contribution < -0.4 is 4.90 Å². The van der Waals surface area contributed by atoms with Gasteiger partial charge in [-0.15, -0.1) is 0 Å². The number of rotatable bonds is 6. The third kappa shape index (κ3) is 5.67. The number of esters is 1. The van der Waals surface area contributed by atoms with Gasteiger partial charge in [-0.3, -0.25) is 9.80 Å². The molecular weight excluding hydrogens is 476 g/mol. The molecule has 3 aromatic rings. The Morgan fingerprint density at radius 2 is 1.45 bits per heavy atom. The van der Waals surface area contributed by atoms with Gasteiger partial charge in [-0.25, -0.2) is 4.79 Å². The van der Waals surface area contributed by atoms with Crippen LogP contribution in [-0.2, 0) is 9.53 Å². The van der Waals surface area contributed by atoms with E-state index < -0.39 is 6.04 Å². The van der Waals surface area contributed by atoms with Crippen LogP contribution in [0.1, 0.15) is 30.0 Å². The first kappa shape index (κ1) is 25.8. The van der Waals surface area contributed by atoms with Gasteiger partial charge in [0, 0.05) is 51.0 Å². The number of hydrogen-bond donors (Lipinski definition) is 1. The maximum Gasteiger partial charge on any atom is 0.327 e. The average Bonchev–Trinajstić information content (AvgIpc) is 2.98. The predicted molar refractivity (Wildman–Crippen MR) is 148 cm³/mol. The molecule has 0 bridgehead atoms. The highest BCUT2D eigenvalue weighted by molar-refractivity contribution is 5.78. The quantitative estimate of drug-likeness (QED) is 0.492. The van der Waals surface area contributed by atoms with Crippen LogP contribution in [-0.4, -0.2) is 73.3 Å². The molecule has 2 aliphatic rings. The van der Waals surface area contributed by atoms with E-state index in [4.69, 9.17) is 10.00 Å². The van der Waals surface area contributed by atoms with Crippen molar-refractivity contribution < 1.29 is 14.6 Å². The minimum absolute atomic E-state index is 0.225. The number of benzene rings is 3. The molecule has 0 aliphatic carbocycles. The summed E-state index contributed by atoms with van der Waals surface area (Å²) < 4.78 is 5.22. The van der Waals surface area contributed by atoms with E-state index >= 15 is 0 Å². The van der Waals surface area contributed by atoms with Gasteiger partial charge in [0.2, 0.25) is 0 Å². The number of hydrogen-bond acceptors (Lipinski definition) is 7. The summed E-state index contributed by atoms with van der Waals surface area (Å²) >= 11 is 0. The molecule has 0 aromatic heterocycles. The first-order valence-corrected chi connectivity index (χ1v) is 13.3. The minimum Gasteiger partial charge on any atom is -0.508 e. The molecule has 2 heterocycles. The van der Waals surface area contributed by atoms with Crippen molar-refractivity contribution in [2.75, 3.05) is 51.3 Å². The molecule has 2 saturated heterocycles. The number of ether oxygens (including phenoxy) is 1. The van der Waals surface area contributed by atoms with Crippen LogP contribution in [0.4, 0.5) is 5.69 Å². The van der Waals surface area contributed by atoms with E-state index in [1.54, 1.807) is 12.1 Å². The number of carbonyl (C=O) groups excluding carboxylic acids is 1. The Labute approximate surface area is 224 Å². The van der Waals surface area contributed by atoms with Gasteiger partial charge in [0.15, 0.2) is 0 Å². The Morgan fingerprint density at radius 3 is 2.00 bits per heavy atom. The van der Waals surface area contributed by atoms with Crippen LogP contribution in [0.15, 0.2) is 72.8 Å². The Bertz CT molecular complexity index is 1250. The van der Waals surface area contributed by atoms with Crippen LogP contribution in [0.3, 0.4) is 0 Å². The molecule has 0 spiro atoms. The number of piperazine rings is 1. The molecule has 0 saturated carbocycles. The predicted octanol–water partition coefficient (Wildman–Crippen LogP) is 4.43. The SMILES string of the molecule is COC(=O)C(c1ccc(-c2ccc(O)cc2)cc1)N1CCC(N2CCN(c3ccc(C#N)cc3)CC2)CC1. The lowest BCUT2D eigenvalue weighted by atomic mass is 9.96. The second kappa shape index (κ2) is 11.7. The van der Waals surface area contributed by atoms with Crippen molar-refractivity contribution in [3.63, 3.8) is 0 Å². The molecule has 7 nitrogen and oxygen atoms in total. The largest absolute Gasteiger partial charge is 0.508 e. The molecule has 2 aliphatic heterocycles. The number of phenolic OH excluding ortho intramolecular Hbond substituents is 1. The normalized spacial score (nSPS) is 18.1. The summed E-state index contributed by atoms with van der Waals surface area (Å²) in [6.07, 6.45) is 2.05.